The summed E-state index contributed by atoms with van der Waals surface area (Å²) in [4.78, 5) is 0. The van der Waals surface area contributed by atoms with Crippen LogP contribution in [0.5, 0.6) is 0 Å². The molecule has 0 bridgehead atoms. The molecule has 0 radical (unpaired) electrons. The molecular weight excluding hydrogens is 211 g/mol. The highest BCUT2D eigenvalue weighted by atomic mass is 19.1. The minimum absolute atomic E-state index is 0.181. The van der Waals surface area contributed by atoms with Gasteiger partial charge in [-0.1, -0.05) is 11.6 Å². The van der Waals surface area contributed by atoms with Crippen molar-refractivity contribution in [1.29, 1.82) is 0 Å². The second-order valence-corrected chi connectivity index (χ2v) is 6.06. The maximum atomic E-state index is 13.5. The number of hydrogen-bond acceptors (Lipinski definition) is 0. The largest absolute Gasteiger partial charge is 0.212 e. The van der Waals surface area contributed by atoms with Crippen LogP contribution in [0.25, 0.3) is 0 Å². The smallest absolute Gasteiger partial charge is 0.0991 e. The predicted molar refractivity (Wildman–Crippen MR) is 71.5 cm³/mol. The minimum Gasteiger partial charge on any atom is -0.212 e. The zero-order chi connectivity index (χ0) is 12.3. The molecule has 0 spiro atoms. The highest BCUT2D eigenvalue weighted by Gasteiger charge is 2.21. The highest BCUT2D eigenvalue weighted by molar-refractivity contribution is 5.09. The topological polar surface area (TPSA) is 0 Å². The maximum Gasteiger partial charge on any atom is 0.0991 e. The zero-order valence-electron chi connectivity index (χ0n) is 11.3. The molecule has 1 heteroatoms. The first kappa shape index (κ1) is 12.9. The minimum atomic E-state index is 0.181. The fourth-order valence-electron chi connectivity index (χ4n) is 3.09. The number of hydrogen-bond donors (Lipinski definition) is 0. The molecule has 0 nitrogen and oxygen atoms in total. The van der Waals surface area contributed by atoms with Gasteiger partial charge in [0.1, 0.15) is 0 Å². The third-order valence-corrected chi connectivity index (χ3v) is 4.59. The van der Waals surface area contributed by atoms with Crippen molar-refractivity contribution < 1.29 is 4.39 Å². The van der Waals surface area contributed by atoms with Crippen molar-refractivity contribution in [3.63, 3.8) is 0 Å². The molecule has 2 atom stereocenters. The molecule has 0 N–H and O–H groups in total. The first-order valence-electron chi connectivity index (χ1n) is 7.15. The van der Waals surface area contributed by atoms with Crippen LogP contribution in [0.2, 0.25) is 0 Å². The van der Waals surface area contributed by atoms with E-state index in [1.54, 1.807) is 5.57 Å². The van der Waals surface area contributed by atoms with Crippen LogP contribution >= 0.6 is 0 Å². The van der Waals surface area contributed by atoms with E-state index in [1.807, 2.05) is 6.92 Å². The highest BCUT2D eigenvalue weighted by Crippen LogP contribution is 2.35. The van der Waals surface area contributed by atoms with Gasteiger partial charge in [0.15, 0.2) is 0 Å². The Morgan fingerprint density at radius 2 is 1.82 bits per heavy atom. The Morgan fingerprint density at radius 1 is 1.12 bits per heavy atom. The Bertz CT molecular complexity index is 324. The molecular formula is C16H25F. The van der Waals surface area contributed by atoms with Gasteiger partial charge in [0.25, 0.3) is 0 Å². The molecule has 2 aliphatic carbocycles. The Labute approximate surface area is 105 Å². The second kappa shape index (κ2) is 5.84. The average molecular weight is 236 g/mol. The lowest BCUT2D eigenvalue weighted by atomic mass is 9.81. The van der Waals surface area contributed by atoms with Crippen molar-refractivity contribution in [3.8, 4) is 0 Å². The van der Waals surface area contributed by atoms with Crippen molar-refractivity contribution in [3.05, 3.63) is 23.0 Å². The number of rotatable bonds is 3. The lowest BCUT2D eigenvalue weighted by molar-refractivity contribution is 0.325. The third kappa shape index (κ3) is 3.69. The van der Waals surface area contributed by atoms with Gasteiger partial charge >= 0.3 is 0 Å². The molecule has 2 unspecified atom stereocenters. The summed E-state index contributed by atoms with van der Waals surface area (Å²) in [6.45, 7) is 4.18. The normalized spacial score (nSPS) is 30.4. The molecule has 0 fully saturated rings. The van der Waals surface area contributed by atoms with Crippen molar-refractivity contribution in [2.75, 3.05) is 0 Å². The van der Waals surface area contributed by atoms with E-state index in [-0.39, 0.29) is 5.83 Å². The predicted octanol–water partition coefficient (Wildman–Crippen LogP) is 5.56. The van der Waals surface area contributed by atoms with E-state index < -0.39 is 0 Å². The molecule has 0 heterocycles. The maximum absolute atomic E-state index is 13.5. The van der Waals surface area contributed by atoms with E-state index in [1.165, 1.54) is 38.5 Å². The Hall–Kier alpha value is -0.590. The van der Waals surface area contributed by atoms with Crippen LogP contribution in [0, 0.1) is 11.8 Å². The monoisotopic (exact) mass is 236 g/mol. The zero-order valence-corrected chi connectivity index (χ0v) is 11.3. The quantitative estimate of drug-likeness (QED) is 0.563. The first-order valence-corrected chi connectivity index (χ1v) is 7.15. The van der Waals surface area contributed by atoms with Gasteiger partial charge in [-0.15, -0.1) is 0 Å². The number of allylic oxidation sites excluding steroid dienone is 4. The van der Waals surface area contributed by atoms with Gasteiger partial charge in [0, 0.05) is 6.42 Å². The van der Waals surface area contributed by atoms with Crippen LogP contribution < -0.4 is 0 Å². The third-order valence-electron chi connectivity index (χ3n) is 4.59. The van der Waals surface area contributed by atoms with Gasteiger partial charge in [-0.25, -0.2) is 4.39 Å². The van der Waals surface area contributed by atoms with E-state index in [0.717, 1.165) is 17.9 Å². The van der Waals surface area contributed by atoms with Gasteiger partial charge in [-0.3, -0.25) is 0 Å². The lowest BCUT2D eigenvalue weighted by Gasteiger charge is -2.25. The van der Waals surface area contributed by atoms with Crippen LogP contribution in [0.3, 0.4) is 0 Å². The fourth-order valence-corrected chi connectivity index (χ4v) is 3.09. The molecule has 17 heavy (non-hydrogen) atoms. The molecule has 0 aliphatic heterocycles. The Morgan fingerprint density at radius 3 is 2.47 bits per heavy atom. The molecule has 0 aromatic heterocycles. The summed E-state index contributed by atoms with van der Waals surface area (Å²) < 4.78 is 13.5. The summed E-state index contributed by atoms with van der Waals surface area (Å²) in [7, 11) is 0. The van der Waals surface area contributed by atoms with E-state index in [9.17, 15) is 4.39 Å². The molecule has 2 aliphatic rings. The van der Waals surface area contributed by atoms with Crippen LogP contribution in [-0.4, -0.2) is 0 Å². The van der Waals surface area contributed by atoms with E-state index in [0.29, 0.717) is 12.3 Å². The molecule has 0 aromatic carbocycles. The summed E-state index contributed by atoms with van der Waals surface area (Å²) in [6, 6.07) is 0. The summed E-state index contributed by atoms with van der Waals surface area (Å²) >= 11 is 0. The van der Waals surface area contributed by atoms with Crippen molar-refractivity contribution in [2.45, 2.75) is 65.2 Å². The average Bonchev–Trinajstić information content (AvgIpc) is 2.33. The SMILES string of the molecule is CC1=CCC(CCC2CCC(C)=C(F)C2)CC1. The molecule has 0 aromatic rings. The molecule has 0 saturated carbocycles. The standard InChI is InChI=1S/C16H25F/c1-12-3-6-14(7-4-12)9-10-15-8-5-13(2)16(17)11-15/h3,14-15H,4-11H2,1-2H3. The fraction of sp³-hybridized carbons (Fsp3) is 0.750. The van der Waals surface area contributed by atoms with Gasteiger partial charge < -0.3 is 0 Å². The number of halogens is 1. The molecule has 0 amide bonds. The summed E-state index contributed by atoms with van der Waals surface area (Å²) in [5, 5.41) is 0. The Balaban J connectivity index is 1.73. The van der Waals surface area contributed by atoms with Crippen LogP contribution in [0.15, 0.2) is 23.0 Å². The van der Waals surface area contributed by atoms with Crippen molar-refractivity contribution >= 4 is 0 Å². The summed E-state index contributed by atoms with van der Waals surface area (Å²) in [5.41, 5.74) is 2.56. The van der Waals surface area contributed by atoms with Crippen molar-refractivity contribution in [1.82, 2.24) is 0 Å². The summed E-state index contributed by atoms with van der Waals surface area (Å²) in [5.74, 6) is 1.67. The molecule has 2 rings (SSSR count). The lowest BCUT2D eigenvalue weighted by Crippen LogP contribution is -2.11. The van der Waals surface area contributed by atoms with Gasteiger partial charge in [0.05, 0.1) is 5.83 Å². The van der Waals surface area contributed by atoms with Crippen LogP contribution in [0.4, 0.5) is 4.39 Å². The molecule has 96 valence electrons. The van der Waals surface area contributed by atoms with Gasteiger partial charge in [-0.2, -0.15) is 0 Å². The Kier molecular flexibility index (Phi) is 4.42. The van der Waals surface area contributed by atoms with Crippen LogP contribution in [-0.2, 0) is 0 Å². The van der Waals surface area contributed by atoms with E-state index in [2.05, 4.69) is 13.0 Å². The van der Waals surface area contributed by atoms with Gasteiger partial charge in [-0.05, 0) is 76.2 Å². The summed E-state index contributed by atoms with van der Waals surface area (Å²) in [6.07, 6.45) is 11.7. The first-order chi connectivity index (χ1) is 8.15. The van der Waals surface area contributed by atoms with Crippen LogP contribution in [0.1, 0.15) is 65.2 Å². The van der Waals surface area contributed by atoms with E-state index in [4.69, 9.17) is 0 Å². The van der Waals surface area contributed by atoms with Crippen molar-refractivity contribution in [2.24, 2.45) is 11.8 Å². The van der Waals surface area contributed by atoms with E-state index >= 15 is 0 Å². The molecule has 0 saturated heterocycles. The second-order valence-electron chi connectivity index (χ2n) is 6.06. The van der Waals surface area contributed by atoms with Gasteiger partial charge in [0.2, 0.25) is 0 Å².